The zero-order valence-electron chi connectivity index (χ0n) is 11.2. The van der Waals surface area contributed by atoms with E-state index < -0.39 is 5.82 Å². The minimum Gasteiger partial charge on any atom is -0.505 e. The maximum Gasteiger partial charge on any atom is 0.165 e. The van der Waals surface area contributed by atoms with Crippen molar-refractivity contribution in [1.29, 1.82) is 0 Å². The third-order valence-electron chi connectivity index (χ3n) is 3.31. The topological polar surface area (TPSA) is 32.3 Å². The lowest BCUT2D eigenvalue weighted by Gasteiger charge is -2.18. The number of nitrogens with one attached hydrogen (secondary N) is 1. The van der Waals surface area contributed by atoms with Gasteiger partial charge in [-0.2, -0.15) is 0 Å². The Kier molecular flexibility index (Phi) is 4.69. The predicted molar refractivity (Wildman–Crippen MR) is 74.9 cm³/mol. The third-order valence-corrected chi connectivity index (χ3v) is 3.31. The molecule has 20 heavy (non-hydrogen) atoms. The van der Waals surface area contributed by atoms with Crippen LogP contribution in [0.1, 0.15) is 23.5 Å². The molecule has 2 rings (SSSR count). The Labute approximate surface area is 117 Å². The van der Waals surface area contributed by atoms with Gasteiger partial charge in [0.2, 0.25) is 0 Å². The van der Waals surface area contributed by atoms with Crippen molar-refractivity contribution in [3.63, 3.8) is 0 Å². The molecule has 0 aromatic heterocycles. The first-order chi connectivity index (χ1) is 9.61. The van der Waals surface area contributed by atoms with E-state index in [-0.39, 0.29) is 17.5 Å². The lowest BCUT2D eigenvalue weighted by atomic mass is 9.88. The summed E-state index contributed by atoms with van der Waals surface area (Å²) >= 11 is 0. The Bertz CT molecular complexity index is 586. The van der Waals surface area contributed by atoms with E-state index >= 15 is 0 Å². The Morgan fingerprint density at radius 2 is 1.85 bits per heavy atom. The van der Waals surface area contributed by atoms with Crippen LogP contribution in [-0.2, 0) is 0 Å². The highest BCUT2D eigenvalue weighted by atomic mass is 19.1. The number of rotatable bonds is 5. The molecule has 0 spiro atoms. The fourth-order valence-corrected chi connectivity index (χ4v) is 2.28. The zero-order chi connectivity index (χ0) is 14.5. The Hall–Kier alpha value is -1.94. The molecule has 2 N–H and O–H groups in total. The average molecular weight is 277 g/mol. The van der Waals surface area contributed by atoms with Crippen LogP contribution in [0.5, 0.6) is 5.75 Å². The van der Waals surface area contributed by atoms with E-state index in [1.54, 1.807) is 12.1 Å². The van der Waals surface area contributed by atoms with Crippen molar-refractivity contribution in [3.8, 4) is 5.75 Å². The van der Waals surface area contributed by atoms with Crippen LogP contribution in [0.3, 0.4) is 0 Å². The summed E-state index contributed by atoms with van der Waals surface area (Å²) in [4.78, 5) is 0. The van der Waals surface area contributed by atoms with E-state index in [0.717, 1.165) is 17.7 Å². The van der Waals surface area contributed by atoms with Crippen LogP contribution in [0.25, 0.3) is 0 Å². The molecule has 0 fully saturated rings. The lowest BCUT2D eigenvalue weighted by Crippen LogP contribution is -2.13. The summed E-state index contributed by atoms with van der Waals surface area (Å²) in [6.45, 7) is 0.726. The molecule has 0 aliphatic heterocycles. The normalized spacial score (nSPS) is 12.3. The molecule has 2 aromatic carbocycles. The van der Waals surface area contributed by atoms with E-state index in [4.69, 9.17) is 0 Å². The standard InChI is InChI=1S/C16H17F2NO/c1-19-8-7-14(11-3-2-4-13(17)9-11)12-5-6-16(20)15(18)10-12/h2-6,9-10,14,19-20H,7-8H2,1H3. The maximum absolute atomic E-state index is 13.5. The van der Waals surface area contributed by atoms with Crippen molar-refractivity contribution in [2.45, 2.75) is 12.3 Å². The van der Waals surface area contributed by atoms with Crippen LogP contribution < -0.4 is 5.32 Å². The summed E-state index contributed by atoms with van der Waals surface area (Å²) < 4.78 is 26.9. The number of phenolic OH excluding ortho intramolecular Hbond substituents is 1. The first-order valence-electron chi connectivity index (χ1n) is 6.50. The lowest BCUT2D eigenvalue weighted by molar-refractivity contribution is 0.431. The van der Waals surface area contributed by atoms with Gasteiger partial charge >= 0.3 is 0 Å². The molecule has 0 saturated heterocycles. The fourth-order valence-electron chi connectivity index (χ4n) is 2.28. The minimum absolute atomic E-state index is 0.117. The van der Waals surface area contributed by atoms with Gasteiger partial charge in [-0.15, -0.1) is 0 Å². The van der Waals surface area contributed by atoms with Gasteiger partial charge in [-0.05, 0) is 55.4 Å². The fraction of sp³-hybridized carbons (Fsp3) is 0.250. The summed E-state index contributed by atoms with van der Waals surface area (Å²) in [6, 6.07) is 10.6. The number of hydrogen-bond acceptors (Lipinski definition) is 2. The highest BCUT2D eigenvalue weighted by Crippen LogP contribution is 2.30. The second kappa shape index (κ2) is 6.48. The van der Waals surface area contributed by atoms with Crippen LogP contribution in [0.2, 0.25) is 0 Å². The van der Waals surface area contributed by atoms with Crippen LogP contribution in [0.15, 0.2) is 42.5 Å². The van der Waals surface area contributed by atoms with Crippen molar-refractivity contribution in [3.05, 3.63) is 65.2 Å². The molecule has 4 heteroatoms. The van der Waals surface area contributed by atoms with Gasteiger partial charge in [0.05, 0.1) is 0 Å². The number of aromatic hydroxyl groups is 1. The molecular weight excluding hydrogens is 260 g/mol. The summed E-state index contributed by atoms with van der Waals surface area (Å²) in [7, 11) is 1.83. The summed E-state index contributed by atoms with van der Waals surface area (Å²) in [6.07, 6.45) is 0.712. The molecule has 0 aliphatic carbocycles. The number of halogens is 2. The largest absolute Gasteiger partial charge is 0.505 e. The van der Waals surface area contributed by atoms with Crippen molar-refractivity contribution >= 4 is 0 Å². The van der Waals surface area contributed by atoms with Gasteiger partial charge in [0.1, 0.15) is 5.82 Å². The minimum atomic E-state index is -0.659. The van der Waals surface area contributed by atoms with Gasteiger partial charge in [-0.1, -0.05) is 18.2 Å². The van der Waals surface area contributed by atoms with Crippen LogP contribution in [-0.4, -0.2) is 18.7 Å². The van der Waals surface area contributed by atoms with Gasteiger partial charge in [-0.3, -0.25) is 0 Å². The zero-order valence-corrected chi connectivity index (χ0v) is 11.2. The molecule has 0 saturated carbocycles. The monoisotopic (exact) mass is 277 g/mol. The first kappa shape index (κ1) is 14.5. The molecule has 2 nitrogen and oxygen atoms in total. The molecule has 106 valence electrons. The Balaban J connectivity index is 2.38. The van der Waals surface area contributed by atoms with Gasteiger partial charge in [-0.25, -0.2) is 8.78 Å². The molecular formula is C16H17F2NO. The third kappa shape index (κ3) is 3.33. The summed E-state index contributed by atoms with van der Waals surface area (Å²) in [5, 5.41) is 12.3. The summed E-state index contributed by atoms with van der Waals surface area (Å²) in [5.74, 6) is -1.46. The SMILES string of the molecule is CNCCC(c1cccc(F)c1)c1ccc(O)c(F)c1. The molecule has 2 aromatic rings. The molecule has 0 bridgehead atoms. The molecule has 0 radical (unpaired) electrons. The smallest absolute Gasteiger partial charge is 0.165 e. The van der Waals surface area contributed by atoms with Crippen LogP contribution in [0.4, 0.5) is 8.78 Å². The maximum atomic E-state index is 13.5. The molecule has 1 unspecified atom stereocenters. The van der Waals surface area contributed by atoms with Gasteiger partial charge in [0, 0.05) is 5.92 Å². The number of phenols is 1. The predicted octanol–water partition coefficient (Wildman–Crippen LogP) is 3.41. The summed E-state index contributed by atoms with van der Waals surface area (Å²) in [5.41, 5.74) is 1.52. The quantitative estimate of drug-likeness (QED) is 0.877. The van der Waals surface area contributed by atoms with Crippen LogP contribution >= 0.6 is 0 Å². The molecule has 1 atom stereocenters. The van der Waals surface area contributed by atoms with E-state index in [1.165, 1.54) is 24.3 Å². The number of hydrogen-bond donors (Lipinski definition) is 2. The van der Waals surface area contributed by atoms with Gasteiger partial charge in [0.25, 0.3) is 0 Å². The Morgan fingerprint density at radius 1 is 1.10 bits per heavy atom. The highest BCUT2D eigenvalue weighted by molar-refractivity contribution is 5.36. The van der Waals surface area contributed by atoms with E-state index in [2.05, 4.69) is 5.32 Å². The average Bonchev–Trinajstić information content (AvgIpc) is 2.43. The van der Waals surface area contributed by atoms with Crippen molar-refractivity contribution in [2.24, 2.45) is 0 Å². The van der Waals surface area contributed by atoms with Crippen molar-refractivity contribution < 1.29 is 13.9 Å². The Morgan fingerprint density at radius 3 is 2.50 bits per heavy atom. The second-order valence-electron chi connectivity index (χ2n) is 4.71. The molecule has 0 aliphatic rings. The second-order valence-corrected chi connectivity index (χ2v) is 4.71. The molecule has 0 amide bonds. The molecule has 0 heterocycles. The van der Waals surface area contributed by atoms with Crippen LogP contribution in [0, 0.1) is 11.6 Å². The van der Waals surface area contributed by atoms with E-state index in [1.807, 2.05) is 13.1 Å². The highest BCUT2D eigenvalue weighted by Gasteiger charge is 2.16. The number of benzene rings is 2. The van der Waals surface area contributed by atoms with Gasteiger partial charge < -0.3 is 10.4 Å². The van der Waals surface area contributed by atoms with Crippen molar-refractivity contribution in [2.75, 3.05) is 13.6 Å². The first-order valence-corrected chi connectivity index (χ1v) is 6.50. The van der Waals surface area contributed by atoms with Crippen molar-refractivity contribution in [1.82, 2.24) is 5.32 Å². The van der Waals surface area contributed by atoms with Gasteiger partial charge in [0.15, 0.2) is 11.6 Å². The van der Waals surface area contributed by atoms with E-state index in [0.29, 0.717) is 6.42 Å². The van der Waals surface area contributed by atoms with E-state index in [9.17, 15) is 13.9 Å².